The molecule has 1 aromatic carbocycles. The summed E-state index contributed by atoms with van der Waals surface area (Å²) >= 11 is 3.38. The lowest BCUT2D eigenvalue weighted by molar-refractivity contribution is -0.126. The summed E-state index contributed by atoms with van der Waals surface area (Å²) in [5.41, 5.74) is 3.65. The van der Waals surface area contributed by atoms with Crippen molar-refractivity contribution in [3.8, 4) is 0 Å². The highest BCUT2D eigenvalue weighted by Gasteiger charge is 2.22. The number of thiophene rings is 1. The lowest BCUT2D eigenvalue weighted by Crippen LogP contribution is -2.48. The Labute approximate surface area is 161 Å². The minimum Gasteiger partial charge on any atom is -0.345 e. The maximum Gasteiger partial charge on any atom is 0.246 e. The predicted molar refractivity (Wildman–Crippen MR) is 111 cm³/mol. The number of rotatable bonds is 3. The molecule has 1 amide bonds. The number of amides is 1. The number of carbonyl (C=O) groups is 1. The first-order valence-electron chi connectivity index (χ1n) is 8.74. The van der Waals surface area contributed by atoms with Crippen LogP contribution in [-0.2, 0) is 4.79 Å². The van der Waals surface area contributed by atoms with Crippen LogP contribution in [0.3, 0.4) is 0 Å². The van der Waals surface area contributed by atoms with Crippen molar-refractivity contribution >= 4 is 50.0 Å². The number of thiazole rings is 1. The normalized spacial score (nSPS) is 15.3. The molecule has 0 atom stereocenters. The molecule has 0 aliphatic carbocycles. The molecule has 0 unspecified atom stereocenters. The van der Waals surface area contributed by atoms with Crippen molar-refractivity contribution in [2.45, 2.75) is 13.8 Å². The van der Waals surface area contributed by atoms with E-state index in [4.69, 9.17) is 4.98 Å². The maximum absolute atomic E-state index is 12.4. The van der Waals surface area contributed by atoms with Gasteiger partial charge in [0.05, 0.1) is 10.2 Å². The van der Waals surface area contributed by atoms with E-state index in [1.54, 1.807) is 28.7 Å². The molecular weight excluding hydrogens is 362 g/mol. The molecule has 2 aromatic heterocycles. The van der Waals surface area contributed by atoms with Gasteiger partial charge in [0, 0.05) is 37.1 Å². The van der Waals surface area contributed by atoms with E-state index in [-0.39, 0.29) is 5.91 Å². The number of aromatic nitrogens is 1. The van der Waals surface area contributed by atoms with E-state index in [0.29, 0.717) is 0 Å². The summed E-state index contributed by atoms with van der Waals surface area (Å²) in [7, 11) is 0. The fourth-order valence-corrected chi connectivity index (χ4v) is 4.81. The van der Waals surface area contributed by atoms with E-state index in [0.717, 1.165) is 41.7 Å². The highest BCUT2D eigenvalue weighted by molar-refractivity contribution is 7.22. The van der Waals surface area contributed by atoms with Gasteiger partial charge in [0.2, 0.25) is 5.91 Å². The third kappa shape index (κ3) is 3.39. The van der Waals surface area contributed by atoms with Crippen molar-refractivity contribution < 1.29 is 4.79 Å². The molecule has 4 rings (SSSR count). The SMILES string of the molecule is Cc1ccc2sc(N3CCN(C(=O)C=Cc4cccs4)CC3)nc2c1C. The Hall–Kier alpha value is -2.18. The third-order valence-corrected chi connectivity index (χ3v) is 6.79. The van der Waals surface area contributed by atoms with Gasteiger partial charge in [-0.25, -0.2) is 4.98 Å². The maximum atomic E-state index is 12.4. The Bertz CT molecular complexity index is 951. The zero-order valence-electron chi connectivity index (χ0n) is 14.9. The molecule has 6 heteroatoms. The Kier molecular flexibility index (Phi) is 4.78. The van der Waals surface area contributed by atoms with Crippen molar-refractivity contribution in [1.82, 2.24) is 9.88 Å². The molecule has 0 saturated carbocycles. The second-order valence-corrected chi connectivity index (χ2v) is 8.50. The van der Waals surface area contributed by atoms with Crippen molar-refractivity contribution in [1.29, 1.82) is 0 Å². The first-order chi connectivity index (χ1) is 12.6. The van der Waals surface area contributed by atoms with Crippen molar-refractivity contribution in [3.63, 3.8) is 0 Å². The van der Waals surface area contributed by atoms with Crippen LogP contribution >= 0.6 is 22.7 Å². The molecular formula is C20H21N3OS2. The number of fused-ring (bicyclic) bond motifs is 1. The van der Waals surface area contributed by atoms with E-state index in [2.05, 4.69) is 30.9 Å². The van der Waals surface area contributed by atoms with Crippen LogP contribution in [0, 0.1) is 13.8 Å². The summed E-state index contributed by atoms with van der Waals surface area (Å²) in [4.78, 5) is 22.6. The standard InChI is InChI=1S/C20H21N3OS2/c1-14-5-7-17-19(15(14)2)21-20(26-17)23-11-9-22(10-12-23)18(24)8-6-16-4-3-13-25-16/h3-8,13H,9-12H2,1-2H3. The summed E-state index contributed by atoms with van der Waals surface area (Å²) in [6.07, 6.45) is 3.59. The van der Waals surface area contributed by atoms with Crippen molar-refractivity contribution in [2.75, 3.05) is 31.1 Å². The van der Waals surface area contributed by atoms with Gasteiger partial charge in [-0.05, 0) is 48.6 Å². The molecule has 1 aliphatic heterocycles. The van der Waals surface area contributed by atoms with Gasteiger partial charge in [-0.15, -0.1) is 11.3 Å². The zero-order valence-corrected chi connectivity index (χ0v) is 16.6. The summed E-state index contributed by atoms with van der Waals surface area (Å²) in [6.45, 7) is 7.40. The van der Waals surface area contributed by atoms with E-state index in [1.165, 1.54) is 15.8 Å². The molecule has 4 nitrogen and oxygen atoms in total. The highest BCUT2D eigenvalue weighted by atomic mass is 32.1. The topological polar surface area (TPSA) is 36.4 Å². The van der Waals surface area contributed by atoms with Crippen LogP contribution in [0.25, 0.3) is 16.3 Å². The number of nitrogens with zero attached hydrogens (tertiary/aromatic N) is 3. The molecule has 134 valence electrons. The van der Waals surface area contributed by atoms with E-state index < -0.39 is 0 Å². The van der Waals surface area contributed by atoms with Gasteiger partial charge in [0.15, 0.2) is 5.13 Å². The average molecular weight is 384 g/mol. The van der Waals surface area contributed by atoms with Gasteiger partial charge >= 0.3 is 0 Å². The minimum atomic E-state index is 0.0915. The van der Waals surface area contributed by atoms with Crippen LogP contribution in [-0.4, -0.2) is 42.0 Å². The quantitative estimate of drug-likeness (QED) is 0.632. The molecule has 0 spiro atoms. The molecule has 1 fully saturated rings. The smallest absolute Gasteiger partial charge is 0.246 e. The number of anilines is 1. The Morgan fingerprint density at radius 3 is 2.69 bits per heavy atom. The molecule has 1 aliphatic rings. The van der Waals surface area contributed by atoms with Crippen LogP contribution < -0.4 is 4.90 Å². The average Bonchev–Trinajstić information content (AvgIpc) is 3.33. The van der Waals surface area contributed by atoms with Crippen molar-refractivity contribution in [3.05, 3.63) is 51.7 Å². The summed E-state index contributed by atoms with van der Waals surface area (Å²) in [5, 5.41) is 3.08. The number of hydrogen-bond acceptors (Lipinski definition) is 5. The van der Waals surface area contributed by atoms with Crippen LogP contribution in [0.2, 0.25) is 0 Å². The van der Waals surface area contributed by atoms with Crippen LogP contribution in [0.4, 0.5) is 5.13 Å². The van der Waals surface area contributed by atoms with Crippen LogP contribution in [0.15, 0.2) is 35.7 Å². The largest absolute Gasteiger partial charge is 0.345 e. The summed E-state index contributed by atoms with van der Waals surface area (Å²) in [6, 6.07) is 8.34. The van der Waals surface area contributed by atoms with Crippen LogP contribution in [0.5, 0.6) is 0 Å². The summed E-state index contributed by atoms with van der Waals surface area (Å²) in [5.74, 6) is 0.0915. The number of hydrogen-bond donors (Lipinski definition) is 0. The molecule has 0 N–H and O–H groups in total. The first-order valence-corrected chi connectivity index (χ1v) is 10.4. The zero-order chi connectivity index (χ0) is 18.1. The second kappa shape index (κ2) is 7.21. The Balaban J connectivity index is 1.42. The van der Waals surface area contributed by atoms with E-state index in [9.17, 15) is 4.79 Å². The molecule has 26 heavy (non-hydrogen) atoms. The van der Waals surface area contributed by atoms with E-state index in [1.807, 2.05) is 28.5 Å². The van der Waals surface area contributed by atoms with E-state index >= 15 is 0 Å². The summed E-state index contributed by atoms with van der Waals surface area (Å²) < 4.78 is 1.24. The molecule has 3 heterocycles. The van der Waals surface area contributed by atoms with Gasteiger partial charge in [0.25, 0.3) is 0 Å². The Morgan fingerprint density at radius 1 is 1.15 bits per heavy atom. The van der Waals surface area contributed by atoms with Gasteiger partial charge in [-0.2, -0.15) is 0 Å². The van der Waals surface area contributed by atoms with Crippen LogP contribution in [0.1, 0.15) is 16.0 Å². The monoisotopic (exact) mass is 383 g/mol. The highest BCUT2D eigenvalue weighted by Crippen LogP contribution is 2.32. The first kappa shape index (κ1) is 17.2. The minimum absolute atomic E-state index is 0.0915. The molecule has 0 radical (unpaired) electrons. The third-order valence-electron chi connectivity index (χ3n) is 4.87. The van der Waals surface area contributed by atoms with Gasteiger partial charge in [-0.1, -0.05) is 23.5 Å². The molecule has 0 bridgehead atoms. The number of carbonyl (C=O) groups excluding carboxylic acids is 1. The van der Waals surface area contributed by atoms with Gasteiger partial charge in [-0.3, -0.25) is 4.79 Å². The lowest BCUT2D eigenvalue weighted by Gasteiger charge is -2.34. The fourth-order valence-electron chi connectivity index (χ4n) is 3.11. The number of aryl methyl sites for hydroxylation is 2. The fraction of sp³-hybridized carbons (Fsp3) is 0.300. The predicted octanol–water partition coefficient (Wildman–Crippen LogP) is 4.34. The Morgan fingerprint density at radius 2 is 1.96 bits per heavy atom. The second-order valence-electron chi connectivity index (χ2n) is 6.51. The molecule has 1 saturated heterocycles. The van der Waals surface area contributed by atoms with Gasteiger partial charge < -0.3 is 9.80 Å². The number of piperazine rings is 1. The number of benzene rings is 1. The van der Waals surface area contributed by atoms with Gasteiger partial charge in [0.1, 0.15) is 0 Å². The van der Waals surface area contributed by atoms with Crippen molar-refractivity contribution in [2.24, 2.45) is 0 Å². The molecule has 3 aromatic rings. The lowest BCUT2D eigenvalue weighted by atomic mass is 10.1.